The van der Waals surface area contributed by atoms with Gasteiger partial charge in [-0.25, -0.2) is 4.39 Å². The lowest BCUT2D eigenvalue weighted by Crippen LogP contribution is -2.37. The Hall–Kier alpha value is -2.04. The fraction of sp³-hybridized carbons (Fsp3) is 0.438. The Kier molecular flexibility index (Phi) is 3.57. The number of nitrogens with zero attached hydrogens (tertiary/aromatic N) is 1. The van der Waals surface area contributed by atoms with Gasteiger partial charge in [0.05, 0.1) is 17.8 Å². The van der Waals surface area contributed by atoms with E-state index in [0.29, 0.717) is 0 Å². The number of ketones is 2. The first-order valence-corrected chi connectivity index (χ1v) is 7.27. The molecule has 1 amide bonds. The van der Waals surface area contributed by atoms with Crippen molar-refractivity contribution in [2.75, 3.05) is 11.4 Å². The SMILES string of the molecule is O=C1C(=O)N(CC(=O)C2CCCCC2)c2c(F)cccc21. The van der Waals surface area contributed by atoms with Gasteiger partial charge < -0.3 is 0 Å². The van der Waals surface area contributed by atoms with Crippen molar-refractivity contribution in [2.24, 2.45) is 5.92 Å². The number of fused-ring (bicyclic) bond motifs is 1. The van der Waals surface area contributed by atoms with Crippen molar-refractivity contribution in [3.05, 3.63) is 29.6 Å². The highest BCUT2D eigenvalue weighted by molar-refractivity contribution is 6.52. The van der Waals surface area contributed by atoms with Crippen LogP contribution >= 0.6 is 0 Å². The molecule has 1 aromatic rings. The molecule has 0 N–H and O–H groups in total. The van der Waals surface area contributed by atoms with Crippen LogP contribution in [0.4, 0.5) is 10.1 Å². The molecule has 4 nitrogen and oxygen atoms in total. The van der Waals surface area contributed by atoms with Crippen molar-refractivity contribution in [2.45, 2.75) is 32.1 Å². The van der Waals surface area contributed by atoms with Crippen LogP contribution in [0.15, 0.2) is 18.2 Å². The Balaban J connectivity index is 1.84. The number of hydrogen-bond acceptors (Lipinski definition) is 3. The van der Waals surface area contributed by atoms with Gasteiger partial charge in [-0.2, -0.15) is 0 Å². The second kappa shape index (κ2) is 5.39. The van der Waals surface area contributed by atoms with Gasteiger partial charge >= 0.3 is 0 Å². The third kappa shape index (κ3) is 2.37. The topological polar surface area (TPSA) is 54.5 Å². The first-order valence-electron chi connectivity index (χ1n) is 7.27. The van der Waals surface area contributed by atoms with Crippen molar-refractivity contribution in [1.29, 1.82) is 0 Å². The highest BCUT2D eigenvalue weighted by Gasteiger charge is 2.39. The van der Waals surface area contributed by atoms with Crippen molar-refractivity contribution in [3.63, 3.8) is 0 Å². The quantitative estimate of drug-likeness (QED) is 0.803. The molecule has 5 heteroatoms. The third-order valence-electron chi connectivity index (χ3n) is 4.32. The number of Topliss-reactive ketones (excluding diaryl/α,β-unsaturated/α-hetero) is 2. The fourth-order valence-electron chi connectivity index (χ4n) is 3.17. The maximum absolute atomic E-state index is 13.9. The summed E-state index contributed by atoms with van der Waals surface area (Å²) in [5.74, 6) is -2.33. The molecule has 3 rings (SSSR count). The van der Waals surface area contributed by atoms with Crippen molar-refractivity contribution in [1.82, 2.24) is 0 Å². The Morgan fingerprint density at radius 3 is 2.62 bits per heavy atom. The normalized spacial score (nSPS) is 19.0. The zero-order chi connectivity index (χ0) is 15.0. The average molecular weight is 289 g/mol. The molecule has 0 spiro atoms. The Morgan fingerprint density at radius 2 is 1.90 bits per heavy atom. The van der Waals surface area contributed by atoms with Crippen LogP contribution in [0.3, 0.4) is 0 Å². The molecular formula is C16H16FNO3. The number of carbonyl (C=O) groups excluding carboxylic acids is 3. The van der Waals surface area contributed by atoms with Crippen LogP contribution in [0.2, 0.25) is 0 Å². The minimum absolute atomic E-state index is 0.0448. The van der Waals surface area contributed by atoms with Gasteiger partial charge in [0, 0.05) is 5.92 Å². The molecule has 1 fully saturated rings. The molecule has 0 unspecified atom stereocenters. The zero-order valence-electron chi connectivity index (χ0n) is 11.6. The van der Waals surface area contributed by atoms with E-state index in [1.807, 2.05) is 0 Å². The molecule has 1 saturated carbocycles. The molecule has 0 bridgehead atoms. The highest BCUT2D eigenvalue weighted by Crippen LogP contribution is 2.32. The lowest BCUT2D eigenvalue weighted by molar-refractivity contribution is -0.124. The summed E-state index contributed by atoms with van der Waals surface area (Å²) in [5, 5.41) is 0. The van der Waals surface area contributed by atoms with Gasteiger partial charge in [0.25, 0.3) is 11.7 Å². The van der Waals surface area contributed by atoms with Gasteiger partial charge in [-0.3, -0.25) is 19.3 Å². The molecule has 21 heavy (non-hydrogen) atoms. The summed E-state index contributed by atoms with van der Waals surface area (Å²) in [5.41, 5.74) is 0.00750. The molecule has 1 heterocycles. The number of halogens is 1. The van der Waals surface area contributed by atoms with Crippen molar-refractivity contribution >= 4 is 23.2 Å². The molecule has 1 aromatic carbocycles. The second-order valence-corrected chi connectivity index (χ2v) is 5.66. The minimum atomic E-state index is -0.806. The van der Waals surface area contributed by atoms with Crippen LogP contribution in [-0.2, 0) is 9.59 Å². The van der Waals surface area contributed by atoms with Crippen LogP contribution in [0, 0.1) is 11.7 Å². The van der Waals surface area contributed by atoms with E-state index in [0.717, 1.165) is 37.0 Å². The van der Waals surface area contributed by atoms with Gasteiger partial charge in [-0.1, -0.05) is 25.3 Å². The number of carbonyl (C=O) groups is 3. The molecule has 0 atom stereocenters. The van der Waals surface area contributed by atoms with E-state index in [1.54, 1.807) is 0 Å². The molecule has 0 aromatic heterocycles. The predicted octanol–water partition coefficient (Wildman–Crippen LogP) is 2.50. The lowest BCUT2D eigenvalue weighted by atomic mass is 9.86. The Morgan fingerprint density at radius 1 is 1.19 bits per heavy atom. The molecular weight excluding hydrogens is 273 g/mol. The summed E-state index contributed by atoms with van der Waals surface area (Å²) < 4.78 is 13.9. The van der Waals surface area contributed by atoms with Gasteiger partial charge in [0.2, 0.25) is 0 Å². The highest BCUT2D eigenvalue weighted by atomic mass is 19.1. The van der Waals surface area contributed by atoms with Crippen LogP contribution in [0.25, 0.3) is 0 Å². The van der Waals surface area contributed by atoms with Crippen molar-refractivity contribution < 1.29 is 18.8 Å². The van der Waals surface area contributed by atoms with Crippen LogP contribution in [0.5, 0.6) is 0 Å². The summed E-state index contributed by atoms with van der Waals surface area (Å²) >= 11 is 0. The largest absolute Gasteiger partial charge is 0.299 e. The average Bonchev–Trinajstić information content (AvgIpc) is 2.74. The van der Waals surface area contributed by atoms with E-state index in [9.17, 15) is 18.8 Å². The summed E-state index contributed by atoms with van der Waals surface area (Å²) in [4.78, 5) is 37.1. The van der Waals surface area contributed by atoms with E-state index >= 15 is 0 Å². The Labute approximate surface area is 121 Å². The fourth-order valence-corrected chi connectivity index (χ4v) is 3.17. The number of rotatable bonds is 3. The molecule has 2 aliphatic rings. The van der Waals surface area contributed by atoms with E-state index in [2.05, 4.69) is 0 Å². The summed E-state index contributed by atoms with van der Waals surface area (Å²) in [6, 6.07) is 4.01. The van der Waals surface area contributed by atoms with Crippen LogP contribution in [0.1, 0.15) is 42.5 Å². The number of hydrogen-bond donors (Lipinski definition) is 0. The summed E-state index contributed by atoms with van der Waals surface area (Å²) in [7, 11) is 0. The number of benzene rings is 1. The summed E-state index contributed by atoms with van der Waals surface area (Å²) in [6.45, 7) is -0.205. The number of para-hydroxylation sites is 1. The van der Waals surface area contributed by atoms with Crippen molar-refractivity contribution in [3.8, 4) is 0 Å². The van der Waals surface area contributed by atoms with E-state index in [-0.39, 0.29) is 29.5 Å². The number of anilines is 1. The zero-order valence-corrected chi connectivity index (χ0v) is 11.6. The monoisotopic (exact) mass is 289 g/mol. The van der Waals surface area contributed by atoms with E-state index in [4.69, 9.17) is 0 Å². The first kappa shape index (κ1) is 13.9. The molecule has 1 aliphatic carbocycles. The molecule has 0 radical (unpaired) electrons. The lowest BCUT2D eigenvalue weighted by Gasteiger charge is -2.23. The van der Waals surface area contributed by atoms with Gasteiger partial charge in [-0.05, 0) is 25.0 Å². The maximum atomic E-state index is 13.9. The standard InChI is InChI=1S/C16H16FNO3/c17-12-8-4-7-11-14(12)18(16(21)15(11)20)9-13(19)10-5-2-1-3-6-10/h4,7-8,10H,1-3,5-6,9H2. The second-order valence-electron chi connectivity index (χ2n) is 5.66. The molecule has 110 valence electrons. The predicted molar refractivity (Wildman–Crippen MR) is 74.7 cm³/mol. The van der Waals surface area contributed by atoms with E-state index in [1.165, 1.54) is 18.2 Å². The Bertz CT molecular complexity index is 620. The third-order valence-corrected chi connectivity index (χ3v) is 4.32. The summed E-state index contributed by atoms with van der Waals surface area (Å²) in [6.07, 6.45) is 4.78. The van der Waals surface area contributed by atoms with Crippen LogP contribution < -0.4 is 4.90 Å². The van der Waals surface area contributed by atoms with Gasteiger partial charge in [0.15, 0.2) is 5.78 Å². The first-order chi connectivity index (χ1) is 10.1. The molecule has 0 saturated heterocycles. The maximum Gasteiger partial charge on any atom is 0.299 e. The smallest absolute Gasteiger partial charge is 0.297 e. The van der Waals surface area contributed by atoms with Gasteiger partial charge in [-0.15, -0.1) is 0 Å². The number of amides is 1. The van der Waals surface area contributed by atoms with E-state index < -0.39 is 17.5 Å². The van der Waals surface area contributed by atoms with Gasteiger partial charge in [0.1, 0.15) is 5.82 Å². The molecule has 1 aliphatic heterocycles. The van der Waals surface area contributed by atoms with Crippen LogP contribution in [-0.4, -0.2) is 24.0 Å². The minimum Gasteiger partial charge on any atom is -0.297 e.